The second-order valence-corrected chi connectivity index (χ2v) is 6.47. The van der Waals surface area contributed by atoms with Crippen LogP contribution in [0.1, 0.15) is 21.5 Å². The minimum atomic E-state index is -0.651. The molecule has 1 aromatic carbocycles. The molecule has 0 spiro atoms. The van der Waals surface area contributed by atoms with Crippen molar-refractivity contribution in [1.29, 1.82) is 0 Å². The fourth-order valence-corrected chi connectivity index (χ4v) is 3.12. The molecule has 0 saturated heterocycles. The number of hydrogen-bond acceptors (Lipinski definition) is 6. The summed E-state index contributed by atoms with van der Waals surface area (Å²) < 4.78 is 0. The third kappa shape index (κ3) is 4.45. The van der Waals surface area contributed by atoms with Crippen molar-refractivity contribution in [2.45, 2.75) is 19.1 Å². The molecule has 25 heavy (non-hydrogen) atoms. The molecule has 0 fully saturated rings. The van der Waals surface area contributed by atoms with Crippen molar-refractivity contribution in [3.05, 3.63) is 52.2 Å². The summed E-state index contributed by atoms with van der Waals surface area (Å²) >= 11 is 5.73. The van der Waals surface area contributed by atoms with E-state index in [1.165, 1.54) is 17.2 Å². The Labute approximate surface area is 150 Å². The van der Waals surface area contributed by atoms with Crippen molar-refractivity contribution in [2.24, 2.45) is 5.73 Å². The number of benzene rings is 1. The van der Waals surface area contributed by atoms with Gasteiger partial charge in [-0.25, -0.2) is 0 Å². The first kappa shape index (κ1) is 17.6. The maximum absolute atomic E-state index is 11.4. The Kier molecular flexibility index (Phi) is 5.47. The van der Waals surface area contributed by atoms with Crippen LogP contribution in [0.3, 0.4) is 0 Å². The highest BCUT2D eigenvalue weighted by atomic mass is 35.5. The lowest BCUT2D eigenvalue weighted by molar-refractivity contribution is 0.0999. The molecule has 132 valence electrons. The number of aliphatic hydroxyl groups excluding tert-OH is 1. The van der Waals surface area contributed by atoms with Gasteiger partial charge in [-0.1, -0.05) is 35.9 Å². The molecule has 1 aliphatic heterocycles. The molecule has 4 N–H and O–H groups in total. The lowest BCUT2D eigenvalue weighted by Gasteiger charge is -2.30. The average molecular weight is 362 g/mol. The second kappa shape index (κ2) is 7.77. The summed E-state index contributed by atoms with van der Waals surface area (Å²) in [5.41, 5.74) is 8.13. The maximum atomic E-state index is 11.4. The van der Waals surface area contributed by atoms with Crippen molar-refractivity contribution >= 4 is 23.3 Å². The number of anilines is 1. The summed E-state index contributed by atoms with van der Waals surface area (Å²) in [6.45, 7) is 2.48. The van der Waals surface area contributed by atoms with Crippen LogP contribution in [0.15, 0.2) is 30.3 Å². The zero-order valence-electron chi connectivity index (χ0n) is 13.7. The summed E-state index contributed by atoms with van der Waals surface area (Å²) in [5.74, 6) is -0.429. The predicted octanol–water partition coefficient (Wildman–Crippen LogP) is 1.06. The molecule has 2 aromatic rings. The van der Waals surface area contributed by atoms with E-state index in [0.717, 1.165) is 19.5 Å². The van der Waals surface area contributed by atoms with Gasteiger partial charge in [0.2, 0.25) is 0 Å². The molecule has 1 aromatic heterocycles. The molecule has 8 heteroatoms. The van der Waals surface area contributed by atoms with Gasteiger partial charge in [0.1, 0.15) is 0 Å². The standard InChI is InChI=1S/C17H20ClN5O2/c18-15-7-14(16(19)25)17(22-21-15)20-8-13(24)10-23-6-5-11-3-1-2-4-12(11)9-23/h1-4,7,13,24H,5-6,8-10H2,(H2,19,25)(H,20,22). The van der Waals surface area contributed by atoms with E-state index in [-0.39, 0.29) is 23.1 Å². The summed E-state index contributed by atoms with van der Waals surface area (Å²) in [5, 5.41) is 20.8. The van der Waals surface area contributed by atoms with Crippen molar-refractivity contribution in [2.75, 3.05) is 25.0 Å². The maximum Gasteiger partial charge on any atom is 0.252 e. The molecule has 3 rings (SSSR count). The zero-order chi connectivity index (χ0) is 17.8. The molecule has 1 atom stereocenters. The van der Waals surface area contributed by atoms with Gasteiger partial charge in [0.15, 0.2) is 11.0 Å². The van der Waals surface area contributed by atoms with Crippen LogP contribution in [0.4, 0.5) is 5.82 Å². The number of primary amides is 1. The SMILES string of the molecule is NC(=O)c1cc(Cl)nnc1NCC(O)CN1CCc2ccccc2C1. The van der Waals surface area contributed by atoms with E-state index in [9.17, 15) is 9.90 Å². The first-order chi connectivity index (χ1) is 12.0. The van der Waals surface area contributed by atoms with Crippen LogP contribution in [0.5, 0.6) is 0 Å². The van der Waals surface area contributed by atoms with E-state index < -0.39 is 12.0 Å². The van der Waals surface area contributed by atoms with Crippen LogP contribution in [0.25, 0.3) is 0 Å². The van der Waals surface area contributed by atoms with Gasteiger partial charge in [-0.3, -0.25) is 9.69 Å². The van der Waals surface area contributed by atoms with E-state index in [1.807, 2.05) is 6.07 Å². The third-order valence-corrected chi connectivity index (χ3v) is 4.40. The van der Waals surface area contributed by atoms with Gasteiger partial charge in [-0.05, 0) is 23.6 Å². The minimum absolute atomic E-state index is 0.0897. The topological polar surface area (TPSA) is 104 Å². The number of rotatable bonds is 6. The normalized spacial score (nSPS) is 15.4. The van der Waals surface area contributed by atoms with Crippen molar-refractivity contribution in [1.82, 2.24) is 15.1 Å². The average Bonchev–Trinajstić information content (AvgIpc) is 2.60. The van der Waals surface area contributed by atoms with Gasteiger partial charge >= 0.3 is 0 Å². The van der Waals surface area contributed by atoms with Crippen LogP contribution < -0.4 is 11.1 Å². The Morgan fingerprint density at radius 2 is 2.12 bits per heavy atom. The Morgan fingerprint density at radius 3 is 2.88 bits per heavy atom. The highest BCUT2D eigenvalue weighted by molar-refractivity contribution is 6.29. The van der Waals surface area contributed by atoms with E-state index in [4.69, 9.17) is 17.3 Å². The highest BCUT2D eigenvalue weighted by Gasteiger charge is 2.19. The fraction of sp³-hybridized carbons (Fsp3) is 0.353. The smallest absolute Gasteiger partial charge is 0.252 e. The molecule has 1 aliphatic rings. The Hall–Kier alpha value is -2.22. The third-order valence-electron chi connectivity index (χ3n) is 4.21. The summed E-state index contributed by atoms with van der Waals surface area (Å²) in [4.78, 5) is 13.6. The van der Waals surface area contributed by atoms with Gasteiger partial charge in [0.05, 0.1) is 11.7 Å². The Balaban J connectivity index is 1.56. The highest BCUT2D eigenvalue weighted by Crippen LogP contribution is 2.19. The molecule has 0 bridgehead atoms. The van der Waals surface area contributed by atoms with Crippen molar-refractivity contribution in [3.8, 4) is 0 Å². The van der Waals surface area contributed by atoms with Gasteiger partial charge in [-0.15, -0.1) is 10.2 Å². The summed E-state index contributed by atoms with van der Waals surface area (Å²) in [7, 11) is 0. The molecule has 1 amide bonds. The number of aliphatic hydroxyl groups is 1. The predicted molar refractivity (Wildman–Crippen MR) is 95.5 cm³/mol. The molecule has 1 unspecified atom stereocenters. The second-order valence-electron chi connectivity index (χ2n) is 6.08. The molecule has 7 nitrogen and oxygen atoms in total. The van der Waals surface area contributed by atoms with E-state index >= 15 is 0 Å². The molecular weight excluding hydrogens is 342 g/mol. The molecule has 0 saturated carbocycles. The van der Waals surface area contributed by atoms with Crippen LogP contribution in [-0.2, 0) is 13.0 Å². The van der Waals surface area contributed by atoms with Crippen LogP contribution in [-0.4, -0.2) is 51.8 Å². The van der Waals surface area contributed by atoms with E-state index in [1.54, 1.807) is 0 Å². The number of nitrogens with two attached hydrogens (primary N) is 1. The largest absolute Gasteiger partial charge is 0.390 e. The number of halogens is 1. The number of carbonyl (C=O) groups excluding carboxylic acids is 1. The van der Waals surface area contributed by atoms with Gasteiger partial charge < -0.3 is 16.2 Å². The Bertz CT molecular complexity index is 770. The van der Waals surface area contributed by atoms with Crippen LogP contribution >= 0.6 is 11.6 Å². The molecular formula is C17H20ClN5O2. The minimum Gasteiger partial charge on any atom is -0.390 e. The lowest BCUT2D eigenvalue weighted by atomic mass is 10.00. The number of nitrogens with one attached hydrogen (secondary N) is 1. The number of fused-ring (bicyclic) bond motifs is 1. The number of aromatic nitrogens is 2. The van der Waals surface area contributed by atoms with Crippen LogP contribution in [0, 0.1) is 0 Å². The van der Waals surface area contributed by atoms with Gasteiger partial charge in [0.25, 0.3) is 5.91 Å². The van der Waals surface area contributed by atoms with Crippen molar-refractivity contribution < 1.29 is 9.90 Å². The molecule has 2 heterocycles. The monoisotopic (exact) mass is 361 g/mol. The first-order valence-corrected chi connectivity index (χ1v) is 8.45. The van der Waals surface area contributed by atoms with Gasteiger partial charge in [-0.2, -0.15) is 0 Å². The number of carbonyl (C=O) groups is 1. The lowest BCUT2D eigenvalue weighted by Crippen LogP contribution is -2.39. The number of amides is 1. The van der Waals surface area contributed by atoms with Crippen LogP contribution in [0.2, 0.25) is 5.15 Å². The van der Waals surface area contributed by atoms with E-state index in [0.29, 0.717) is 6.54 Å². The summed E-state index contributed by atoms with van der Waals surface area (Å²) in [6.07, 6.45) is 0.355. The van der Waals surface area contributed by atoms with E-state index in [2.05, 4.69) is 38.6 Å². The molecule has 0 aliphatic carbocycles. The number of β-amino-alcohol motifs (C(OH)–C–C–N with tert-alkyl or cyclic N) is 1. The fourth-order valence-electron chi connectivity index (χ4n) is 2.97. The number of hydrogen-bond donors (Lipinski definition) is 3. The summed E-state index contributed by atoms with van der Waals surface area (Å²) in [6, 6.07) is 9.71. The quantitative estimate of drug-likeness (QED) is 0.710. The zero-order valence-corrected chi connectivity index (χ0v) is 14.4. The number of nitrogens with zero attached hydrogens (tertiary/aromatic N) is 3. The van der Waals surface area contributed by atoms with Crippen molar-refractivity contribution in [3.63, 3.8) is 0 Å². The first-order valence-electron chi connectivity index (χ1n) is 8.07. The Morgan fingerprint density at radius 1 is 1.36 bits per heavy atom. The molecule has 0 radical (unpaired) electrons. The van der Waals surface area contributed by atoms with Gasteiger partial charge in [0, 0.05) is 26.2 Å².